The Morgan fingerprint density at radius 3 is 2.11 bits per heavy atom. The van der Waals surface area contributed by atoms with E-state index in [9.17, 15) is 8.42 Å². The molecule has 0 saturated heterocycles. The number of hydrogen-bond donors (Lipinski definition) is 0. The molecule has 0 atom stereocenters. The second kappa shape index (κ2) is 5.48. The summed E-state index contributed by atoms with van der Waals surface area (Å²) in [5.74, 6) is 0.0269. The molecule has 4 nitrogen and oxygen atoms in total. The van der Waals surface area contributed by atoms with E-state index in [-0.39, 0.29) is 10.9 Å². The van der Waals surface area contributed by atoms with Crippen LogP contribution in [-0.4, -0.2) is 24.1 Å². The van der Waals surface area contributed by atoms with Crippen LogP contribution in [0, 0.1) is 13.8 Å². The summed E-state index contributed by atoms with van der Waals surface area (Å²) >= 11 is 0. The van der Waals surface area contributed by atoms with Crippen molar-refractivity contribution in [3.63, 3.8) is 0 Å². The molecule has 19 heavy (non-hydrogen) atoms. The first-order valence-electron chi connectivity index (χ1n) is 6.04. The van der Waals surface area contributed by atoms with Gasteiger partial charge in [0.05, 0.1) is 5.75 Å². The van der Waals surface area contributed by atoms with Gasteiger partial charge in [0.15, 0.2) is 0 Å². The molecule has 0 N–H and O–H groups in total. The summed E-state index contributed by atoms with van der Waals surface area (Å²) in [6.45, 7) is 3.82. The van der Waals surface area contributed by atoms with Crippen LogP contribution >= 0.6 is 0 Å². The lowest BCUT2D eigenvalue weighted by Gasteiger charge is -2.04. The maximum absolute atomic E-state index is 12.1. The van der Waals surface area contributed by atoms with Gasteiger partial charge in [-0.15, -0.1) is 0 Å². The lowest BCUT2D eigenvalue weighted by atomic mass is 10.1. The monoisotopic (exact) mass is 276 g/mol. The molecule has 2 aromatic rings. The number of rotatable bonds is 4. The first kappa shape index (κ1) is 13.7. The first-order chi connectivity index (χ1) is 8.97. The molecule has 0 aliphatic heterocycles. The standard InChI is InChI=1S/C14H16N2O2S/c1-11-3-5-13(6-4-11)7-8-19(17,18)14-15-9-12(2)10-16-14/h3-6,9-10H,7-8H2,1-2H3. The van der Waals surface area contributed by atoms with Crippen molar-refractivity contribution in [2.75, 3.05) is 5.75 Å². The van der Waals surface area contributed by atoms with E-state index < -0.39 is 9.84 Å². The molecule has 100 valence electrons. The van der Waals surface area contributed by atoms with Crippen LogP contribution in [0.2, 0.25) is 0 Å². The van der Waals surface area contributed by atoms with Gasteiger partial charge in [0.25, 0.3) is 0 Å². The fourth-order valence-corrected chi connectivity index (χ4v) is 2.75. The third kappa shape index (κ3) is 3.61. The van der Waals surface area contributed by atoms with E-state index in [1.54, 1.807) is 0 Å². The van der Waals surface area contributed by atoms with Crippen LogP contribution in [0.3, 0.4) is 0 Å². The van der Waals surface area contributed by atoms with Crippen molar-refractivity contribution in [1.29, 1.82) is 0 Å². The smallest absolute Gasteiger partial charge is 0.227 e. The first-order valence-corrected chi connectivity index (χ1v) is 7.69. The van der Waals surface area contributed by atoms with E-state index in [0.717, 1.165) is 16.7 Å². The van der Waals surface area contributed by atoms with Gasteiger partial charge in [0.2, 0.25) is 15.0 Å². The summed E-state index contributed by atoms with van der Waals surface area (Å²) in [7, 11) is -3.41. The highest BCUT2D eigenvalue weighted by Crippen LogP contribution is 2.09. The van der Waals surface area contributed by atoms with E-state index in [0.29, 0.717) is 6.42 Å². The lowest BCUT2D eigenvalue weighted by molar-refractivity contribution is 0.586. The highest BCUT2D eigenvalue weighted by atomic mass is 32.2. The second-order valence-electron chi connectivity index (χ2n) is 4.60. The summed E-state index contributed by atoms with van der Waals surface area (Å²) in [5.41, 5.74) is 3.01. The Balaban J connectivity index is 2.09. The topological polar surface area (TPSA) is 59.9 Å². The van der Waals surface area contributed by atoms with E-state index in [4.69, 9.17) is 0 Å². The van der Waals surface area contributed by atoms with E-state index in [1.165, 1.54) is 12.4 Å². The average molecular weight is 276 g/mol. The molecule has 0 radical (unpaired) electrons. The van der Waals surface area contributed by atoms with Gasteiger partial charge in [0, 0.05) is 12.4 Å². The van der Waals surface area contributed by atoms with Crippen molar-refractivity contribution in [3.05, 3.63) is 53.3 Å². The van der Waals surface area contributed by atoms with Crippen LogP contribution in [0.4, 0.5) is 0 Å². The fraction of sp³-hybridized carbons (Fsp3) is 0.286. The zero-order valence-corrected chi connectivity index (χ0v) is 11.8. The minimum absolute atomic E-state index is 0.0269. The Hall–Kier alpha value is -1.75. The van der Waals surface area contributed by atoms with E-state index in [2.05, 4.69) is 9.97 Å². The van der Waals surface area contributed by atoms with Gasteiger partial charge in [-0.3, -0.25) is 0 Å². The predicted molar refractivity (Wildman–Crippen MR) is 73.7 cm³/mol. The van der Waals surface area contributed by atoms with Gasteiger partial charge in [-0.2, -0.15) is 0 Å². The van der Waals surface area contributed by atoms with Crippen LogP contribution in [0.5, 0.6) is 0 Å². The SMILES string of the molecule is Cc1ccc(CCS(=O)(=O)c2ncc(C)cn2)cc1. The third-order valence-electron chi connectivity index (χ3n) is 2.82. The molecular weight excluding hydrogens is 260 g/mol. The predicted octanol–water partition coefficient (Wildman–Crippen LogP) is 2.11. The summed E-state index contributed by atoms with van der Waals surface area (Å²) in [6, 6.07) is 7.84. The van der Waals surface area contributed by atoms with Crippen LogP contribution in [-0.2, 0) is 16.3 Å². The number of benzene rings is 1. The van der Waals surface area contributed by atoms with Crippen LogP contribution in [0.1, 0.15) is 16.7 Å². The number of aromatic nitrogens is 2. The van der Waals surface area contributed by atoms with Crippen LogP contribution < -0.4 is 0 Å². The number of sulfone groups is 1. The Morgan fingerprint density at radius 1 is 0.947 bits per heavy atom. The van der Waals surface area contributed by atoms with Gasteiger partial charge < -0.3 is 0 Å². The highest BCUT2D eigenvalue weighted by molar-refractivity contribution is 7.91. The molecule has 0 aliphatic carbocycles. The quantitative estimate of drug-likeness (QED) is 0.802. The molecule has 0 amide bonds. The van der Waals surface area contributed by atoms with Gasteiger partial charge in [-0.25, -0.2) is 18.4 Å². The molecule has 1 heterocycles. The molecule has 0 fully saturated rings. The Morgan fingerprint density at radius 2 is 1.53 bits per heavy atom. The van der Waals surface area contributed by atoms with Gasteiger partial charge in [-0.1, -0.05) is 29.8 Å². The lowest BCUT2D eigenvalue weighted by Crippen LogP contribution is -2.12. The van der Waals surface area contributed by atoms with E-state index >= 15 is 0 Å². The molecular formula is C14H16N2O2S. The van der Waals surface area contributed by atoms with Crippen molar-refractivity contribution < 1.29 is 8.42 Å². The summed E-state index contributed by atoms with van der Waals surface area (Å²) in [5, 5.41) is -0.0924. The molecule has 0 bridgehead atoms. The number of aryl methyl sites for hydroxylation is 3. The van der Waals surface area contributed by atoms with Crippen molar-refractivity contribution in [2.24, 2.45) is 0 Å². The summed E-state index contributed by atoms with van der Waals surface area (Å²) in [4.78, 5) is 7.75. The zero-order chi connectivity index (χ0) is 13.9. The second-order valence-corrected chi connectivity index (χ2v) is 6.60. The van der Waals surface area contributed by atoms with Crippen molar-refractivity contribution in [3.8, 4) is 0 Å². The Labute approximate surface area is 113 Å². The third-order valence-corrected chi connectivity index (χ3v) is 4.32. The van der Waals surface area contributed by atoms with Crippen molar-refractivity contribution >= 4 is 9.84 Å². The largest absolute Gasteiger partial charge is 0.247 e. The molecule has 1 aromatic heterocycles. The van der Waals surface area contributed by atoms with Gasteiger partial charge >= 0.3 is 0 Å². The molecule has 0 aliphatic rings. The molecule has 5 heteroatoms. The van der Waals surface area contributed by atoms with Crippen LogP contribution in [0.15, 0.2) is 41.8 Å². The summed E-state index contributed by atoms with van der Waals surface area (Å²) < 4.78 is 24.1. The van der Waals surface area contributed by atoms with Gasteiger partial charge in [-0.05, 0) is 31.4 Å². The molecule has 1 aromatic carbocycles. The number of nitrogens with zero attached hydrogens (tertiary/aromatic N) is 2. The van der Waals surface area contributed by atoms with Crippen molar-refractivity contribution in [1.82, 2.24) is 9.97 Å². The molecule has 0 unspecified atom stereocenters. The molecule has 0 saturated carbocycles. The normalized spacial score (nSPS) is 11.5. The average Bonchev–Trinajstić information content (AvgIpc) is 2.39. The fourth-order valence-electron chi connectivity index (χ4n) is 1.64. The number of hydrogen-bond acceptors (Lipinski definition) is 4. The van der Waals surface area contributed by atoms with Gasteiger partial charge in [0.1, 0.15) is 0 Å². The van der Waals surface area contributed by atoms with Crippen LogP contribution in [0.25, 0.3) is 0 Å². The highest BCUT2D eigenvalue weighted by Gasteiger charge is 2.17. The maximum atomic E-state index is 12.1. The minimum Gasteiger partial charge on any atom is -0.227 e. The molecule has 0 spiro atoms. The Bertz CT molecular complexity index is 647. The maximum Gasteiger partial charge on any atom is 0.247 e. The Kier molecular flexibility index (Phi) is 3.95. The minimum atomic E-state index is -3.41. The zero-order valence-electron chi connectivity index (χ0n) is 11.0. The molecule has 2 rings (SSSR count). The van der Waals surface area contributed by atoms with Crippen molar-refractivity contribution in [2.45, 2.75) is 25.4 Å². The summed E-state index contributed by atoms with van der Waals surface area (Å²) in [6.07, 6.45) is 3.51. The van der Waals surface area contributed by atoms with E-state index in [1.807, 2.05) is 38.1 Å².